The Labute approximate surface area is 212 Å². The highest BCUT2D eigenvalue weighted by atomic mass is 16.5. The molecule has 5 rings (SSSR count). The molecule has 0 aromatic rings. The standard InChI is InChI=1S/C30H47NO4/c1-20-18-26-24-9-8-22-19-23(35-27(33)12-17-31-15-6-5-7-16-31)10-13-28(22,3)25(24)11-14-29(26,4)30(20,34)21(2)32/h8,20,23-26,34H,5-7,9-19H2,1-4H3/t20-,23+,24-,25-,26-,28+,29+,30+/m1/s1. The van der Waals surface area contributed by atoms with Crippen LogP contribution in [0.1, 0.15) is 98.3 Å². The van der Waals surface area contributed by atoms with Gasteiger partial charge in [-0.25, -0.2) is 0 Å². The van der Waals surface area contributed by atoms with E-state index in [1.165, 1.54) is 24.8 Å². The number of hydrogen-bond donors (Lipinski definition) is 1. The van der Waals surface area contributed by atoms with Crippen molar-refractivity contribution in [2.45, 2.75) is 110 Å². The smallest absolute Gasteiger partial charge is 0.307 e. The van der Waals surface area contributed by atoms with E-state index in [2.05, 4.69) is 31.7 Å². The second-order valence-electron chi connectivity index (χ2n) is 13.2. The number of aliphatic hydroxyl groups is 1. The first-order chi connectivity index (χ1) is 16.6. The number of carbonyl (C=O) groups is 2. The first kappa shape index (κ1) is 25.4. The van der Waals surface area contributed by atoms with Crippen LogP contribution in [0.2, 0.25) is 0 Å². The summed E-state index contributed by atoms with van der Waals surface area (Å²) >= 11 is 0. The molecule has 5 heteroatoms. The number of likely N-dealkylation sites (tertiary alicyclic amines) is 1. The number of ether oxygens (including phenoxy) is 1. The number of Topliss-reactive ketones (excluding diaryl/α,β-unsaturated/α-hetero) is 1. The number of rotatable bonds is 5. The summed E-state index contributed by atoms with van der Waals surface area (Å²) in [7, 11) is 0. The van der Waals surface area contributed by atoms with E-state index in [4.69, 9.17) is 4.74 Å². The van der Waals surface area contributed by atoms with Gasteiger partial charge in [-0.2, -0.15) is 0 Å². The van der Waals surface area contributed by atoms with Crippen molar-refractivity contribution < 1.29 is 19.4 Å². The van der Waals surface area contributed by atoms with Crippen molar-refractivity contribution in [2.24, 2.45) is 34.5 Å². The van der Waals surface area contributed by atoms with Crippen LogP contribution in [0.3, 0.4) is 0 Å². The molecular weight excluding hydrogens is 438 g/mol. The van der Waals surface area contributed by atoms with Crippen LogP contribution in [-0.2, 0) is 14.3 Å². The Kier molecular flexibility index (Phi) is 6.74. The second kappa shape index (κ2) is 9.28. The summed E-state index contributed by atoms with van der Waals surface area (Å²) in [6.45, 7) is 11.4. The minimum Gasteiger partial charge on any atom is -0.462 e. The van der Waals surface area contributed by atoms with E-state index in [1.54, 1.807) is 6.92 Å². The fraction of sp³-hybridized carbons (Fsp3) is 0.867. The number of esters is 1. The zero-order valence-electron chi connectivity index (χ0n) is 22.5. The molecule has 0 bridgehead atoms. The molecule has 3 saturated carbocycles. The van der Waals surface area contributed by atoms with E-state index in [9.17, 15) is 14.7 Å². The summed E-state index contributed by atoms with van der Waals surface area (Å²) in [5, 5.41) is 11.6. The SMILES string of the molecule is CC(=O)[C@@]1(O)[C@H](C)C[C@@H]2[C@@H]3CC=C4C[C@@H](OC(=O)CCN5CCCCC5)CC[C@]4(C)[C@@H]3CC[C@@]21C. The van der Waals surface area contributed by atoms with Crippen molar-refractivity contribution in [3.8, 4) is 0 Å². The average molecular weight is 486 g/mol. The topological polar surface area (TPSA) is 66.8 Å². The lowest BCUT2D eigenvalue weighted by Crippen LogP contribution is -2.58. The Morgan fingerprint density at radius 1 is 1.11 bits per heavy atom. The fourth-order valence-electron chi connectivity index (χ4n) is 9.50. The molecule has 1 N–H and O–H groups in total. The summed E-state index contributed by atoms with van der Waals surface area (Å²) in [4.78, 5) is 27.7. The maximum absolute atomic E-state index is 12.6. The van der Waals surface area contributed by atoms with E-state index >= 15 is 0 Å². The van der Waals surface area contributed by atoms with Crippen LogP contribution >= 0.6 is 0 Å². The van der Waals surface area contributed by atoms with Gasteiger partial charge in [-0.1, -0.05) is 38.8 Å². The monoisotopic (exact) mass is 485 g/mol. The number of carbonyl (C=O) groups excluding carboxylic acids is 2. The molecule has 1 heterocycles. The van der Waals surface area contributed by atoms with Crippen molar-refractivity contribution in [1.29, 1.82) is 0 Å². The van der Waals surface area contributed by atoms with E-state index < -0.39 is 5.60 Å². The van der Waals surface area contributed by atoms with Gasteiger partial charge in [-0.05, 0) is 100 Å². The lowest BCUT2D eigenvalue weighted by Gasteiger charge is -2.58. The summed E-state index contributed by atoms with van der Waals surface area (Å²) in [5.41, 5.74) is 0.145. The Hall–Kier alpha value is -1.20. The predicted octanol–water partition coefficient (Wildman–Crippen LogP) is 5.30. The Balaban J connectivity index is 1.24. The quantitative estimate of drug-likeness (QED) is 0.423. The van der Waals surface area contributed by atoms with Crippen LogP contribution < -0.4 is 0 Å². The maximum Gasteiger partial charge on any atom is 0.307 e. The summed E-state index contributed by atoms with van der Waals surface area (Å²) in [5.74, 6) is 1.46. The minimum atomic E-state index is -1.19. The maximum atomic E-state index is 12.6. The molecule has 196 valence electrons. The molecule has 35 heavy (non-hydrogen) atoms. The van der Waals surface area contributed by atoms with Gasteiger partial charge >= 0.3 is 5.97 Å². The first-order valence-corrected chi connectivity index (χ1v) is 14.4. The summed E-state index contributed by atoms with van der Waals surface area (Å²) in [6, 6.07) is 0. The van der Waals surface area contributed by atoms with Gasteiger partial charge < -0.3 is 14.7 Å². The number of fused-ring (bicyclic) bond motifs is 5. The van der Waals surface area contributed by atoms with Gasteiger partial charge in [0.2, 0.25) is 0 Å². The highest BCUT2D eigenvalue weighted by Crippen LogP contribution is 2.68. The van der Waals surface area contributed by atoms with Crippen LogP contribution in [0.15, 0.2) is 11.6 Å². The zero-order valence-corrected chi connectivity index (χ0v) is 22.5. The van der Waals surface area contributed by atoms with Crippen LogP contribution in [0.5, 0.6) is 0 Å². The van der Waals surface area contributed by atoms with Gasteiger partial charge in [0.25, 0.3) is 0 Å². The lowest BCUT2D eigenvalue weighted by molar-refractivity contribution is -0.166. The lowest BCUT2D eigenvalue weighted by atomic mass is 9.46. The molecule has 0 radical (unpaired) electrons. The molecule has 1 saturated heterocycles. The zero-order chi connectivity index (χ0) is 25.0. The summed E-state index contributed by atoms with van der Waals surface area (Å²) < 4.78 is 5.99. The van der Waals surface area contributed by atoms with E-state index in [-0.39, 0.29) is 34.6 Å². The van der Waals surface area contributed by atoms with E-state index in [0.29, 0.717) is 24.2 Å². The third kappa shape index (κ3) is 4.04. The van der Waals surface area contributed by atoms with Gasteiger partial charge in [0.05, 0.1) is 6.42 Å². The molecule has 8 atom stereocenters. The Morgan fingerprint density at radius 2 is 1.86 bits per heavy atom. The molecule has 5 aliphatic rings. The van der Waals surface area contributed by atoms with Crippen molar-refractivity contribution >= 4 is 11.8 Å². The second-order valence-corrected chi connectivity index (χ2v) is 13.2. The Morgan fingerprint density at radius 3 is 2.57 bits per heavy atom. The number of piperidine rings is 1. The van der Waals surface area contributed by atoms with Gasteiger partial charge in [0.1, 0.15) is 11.7 Å². The average Bonchev–Trinajstić information content (AvgIpc) is 3.05. The van der Waals surface area contributed by atoms with Crippen LogP contribution in [0, 0.1) is 34.5 Å². The normalized spacial score (nSPS) is 45.6. The van der Waals surface area contributed by atoms with Crippen molar-refractivity contribution in [1.82, 2.24) is 4.90 Å². The minimum absolute atomic E-state index is 0.0166. The number of hydrogen-bond acceptors (Lipinski definition) is 5. The van der Waals surface area contributed by atoms with Crippen molar-refractivity contribution in [3.05, 3.63) is 11.6 Å². The van der Waals surface area contributed by atoms with E-state index in [0.717, 1.165) is 64.6 Å². The third-order valence-electron chi connectivity index (χ3n) is 11.6. The molecule has 0 unspecified atom stereocenters. The van der Waals surface area contributed by atoms with Gasteiger partial charge in [0.15, 0.2) is 5.78 Å². The summed E-state index contributed by atoms with van der Waals surface area (Å²) in [6.07, 6.45) is 13.7. The molecule has 4 fully saturated rings. The van der Waals surface area contributed by atoms with Crippen LogP contribution in [0.4, 0.5) is 0 Å². The van der Waals surface area contributed by atoms with Crippen LogP contribution in [-0.4, -0.2) is 53.1 Å². The highest BCUT2D eigenvalue weighted by Gasteiger charge is 2.67. The largest absolute Gasteiger partial charge is 0.462 e. The molecule has 0 amide bonds. The third-order valence-corrected chi connectivity index (χ3v) is 11.6. The van der Waals surface area contributed by atoms with Crippen LogP contribution in [0.25, 0.3) is 0 Å². The molecule has 5 nitrogen and oxygen atoms in total. The molecule has 0 aromatic heterocycles. The van der Waals surface area contributed by atoms with Crippen molar-refractivity contribution in [3.63, 3.8) is 0 Å². The van der Waals surface area contributed by atoms with Gasteiger partial charge in [-0.3, -0.25) is 9.59 Å². The fourth-order valence-corrected chi connectivity index (χ4v) is 9.50. The van der Waals surface area contributed by atoms with Crippen molar-refractivity contribution in [2.75, 3.05) is 19.6 Å². The molecule has 0 spiro atoms. The number of ketones is 1. The molecule has 0 aromatic carbocycles. The van der Waals surface area contributed by atoms with Gasteiger partial charge in [0, 0.05) is 18.4 Å². The Bertz CT molecular complexity index is 878. The number of allylic oxidation sites excluding steroid dienone is 1. The molecular formula is C30H47NO4. The predicted molar refractivity (Wildman–Crippen MR) is 137 cm³/mol. The highest BCUT2D eigenvalue weighted by molar-refractivity contribution is 5.86. The molecule has 1 aliphatic heterocycles. The first-order valence-electron chi connectivity index (χ1n) is 14.4. The molecule has 4 aliphatic carbocycles. The van der Waals surface area contributed by atoms with E-state index in [1.807, 2.05) is 0 Å². The number of nitrogens with zero attached hydrogens (tertiary/aromatic N) is 1. The van der Waals surface area contributed by atoms with Gasteiger partial charge in [-0.15, -0.1) is 0 Å².